The highest BCUT2D eigenvalue weighted by Gasteiger charge is 2.44. The maximum absolute atomic E-state index is 12.9. The number of piperidine rings is 1. The van der Waals surface area contributed by atoms with E-state index < -0.39 is 5.60 Å². The second kappa shape index (κ2) is 7.32. The number of nitrogens with zero attached hydrogens (tertiary/aromatic N) is 2. The Morgan fingerprint density at radius 3 is 2.70 bits per heavy atom. The van der Waals surface area contributed by atoms with E-state index in [2.05, 4.69) is 4.90 Å². The first-order chi connectivity index (χ1) is 14.5. The van der Waals surface area contributed by atoms with E-state index in [-0.39, 0.29) is 5.78 Å². The number of fused-ring (bicyclic) bond motifs is 2. The molecule has 0 aliphatic carbocycles. The van der Waals surface area contributed by atoms with Gasteiger partial charge in [0.15, 0.2) is 22.4 Å². The maximum Gasteiger partial charge on any atom is 0.204 e. The Labute approximate surface area is 183 Å². The molecule has 5 rings (SSSR count). The van der Waals surface area contributed by atoms with Crippen LogP contribution in [0.15, 0.2) is 30.3 Å². The molecule has 0 N–H and O–H groups in total. The molecule has 2 aromatic carbocycles. The molecular formula is C22H21ClN2O4S. The van der Waals surface area contributed by atoms with Gasteiger partial charge in [0.1, 0.15) is 5.60 Å². The van der Waals surface area contributed by atoms with Crippen LogP contribution in [0.3, 0.4) is 0 Å². The first-order valence-corrected chi connectivity index (χ1v) is 11.0. The van der Waals surface area contributed by atoms with Crippen molar-refractivity contribution in [3.05, 3.63) is 40.9 Å². The van der Waals surface area contributed by atoms with Crippen molar-refractivity contribution in [3.8, 4) is 17.2 Å². The molecule has 8 heteroatoms. The summed E-state index contributed by atoms with van der Waals surface area (Å²) in [5.41, 5.74) is 0.985. The Hall–Kier alpha value is -2.51. The first-order valence-electron chi connectivity index (χ1n) is 9.80. The van der Waals surface area contributed by atoms with Crippen LogP contribution in [-0.4, -0.2) is 43.7 Å². The minimum Gasteiger partial charge on any atom is -0.493 e. The molecule has 0 unspecified atom stereocenters. The zero-order chi connectivity index (χ0) is 20.9. The molecule has 30 heavy (non-hydrogen) atoms. The minimum atomic E-state index is -0.528. The van der Waals surface area contributed by atoms with E-state index in [0.717, 1.165) is 41.3 Å². The number of hydrogen-bond acceptors (Lipinski definition) is 7. The highest BCUT2D eigenvalue weighted by Crippen LogP contribution is 2.48. The van der Waals surface area contributed by atoms with Crippen LogP contribution in [-0.2, 0) is 0 Å². The van der Waals surface area contributed by atoms with Crippen molar-refractivity contribution in [2.24, 2.45) is 0 Å². The van der Waals surface area contributed by atoms with Gasteiger partial charge in [-0.25, -0.2) is 4.98 Å². The molecule has 1 aromatic heterocycles. The monoisotopic (exact) mass is 444 g/mol. The van der Waals surface area contributed by atoms with Crippen molar-refractivity contribution < 1.29 is 19.0 Å². The molecule has 3 heterocycles. The summed E-state index contributed by atoms with van der Waals surface area (Å²) in [7, 11) is 3.14. The Kier molecular flexibility index (Phi) is 4.75. The largest absolute Gasteiger partial charge is 0.493 e. The lowest BCUT2D eigenvalue weighted by molar-refractivity contribution is 0.0208. The quantitative estimate of drug-likeness (QED) is 0.568. The van der Waals surface area contributed by atoms with Gasteiger partial charge >= 0.3 is 0 Å². The Bertz CT molecular complexity index is 1140. The lowest BCUT2D eigenvalue weighted by Gasteiger charge is -2.44. The van der Waals surface area contributed by atoms with Gasteiger partial charge in [-0.3, -0.25) is 4.79 Å². The predicted molar refractivity (Wildman–Crippen MR) is 118 cm³/mol. The minimum absolute atomic E-state index is 0.0836. The number of benzene rings is 2. The van der Waals surface area contributed by atoms with Gasteiger partial charge in [-0.15, -0.1) is 0 Å². The van der Waals surface area contributed by atoms with Gasteiger partial charge in [0.25, 0.3) is 0 Å². The number of methoxy groups -OCH3 is 2. The molecule has 3 aromatic rings. The number of anilines is 1. The summed E-state index contributed by atoms with van der Waals surface area (Å²) < 4.78 is 18.4. The molecule has 0 amide bonds. The van der Waals surface area contributed by atoms with E-state index in [1.165, 1.54) is 0 Å². The number of Topliss-reactive ketones (excluding diaryl/α,β-unsaturated/α-hetero) is 1. The molecule has 0 atom stereocenters. The fourth-order valence-corrected chi connectivity index (χ4v) is 5.56. The van der Waals surface area contributed by atoms with Gasteiger partial charge in [0.05, 0.1) is 36.4 Å². The Morgan fingerprint density at radius 1 is 1.17 bits per heavy atom. The van der Waals surface area contributed by atoms with Crippen LogP contribution in [0.4, 0.5) is 5.13 Å². The topological polar surface area (TPSA) is 60.9 Å². The van der Waals surface area contributed by atoms with Crippen LogP contribution >= 0.6 is 22.9 Å². The third-order valence-electron chi connectivity index (χ3n) is 5.89. The molecule has 0 saturated carbocycles. The van der Waals surface area contributed by atoms with E-state index in [1.807, 2.05) is 18.2 Å². The van der Waals surface area contributed by atoms with Crippen molar-refractivity contribution in [2.45, 2.75) is 24.9 Å². The first kappa shape index (κ1) is 19.5. The van der Waals surface area contributed by atoms with Crippen molar-refractivity contribution in [2.75, 3.05) is 32.2 Å². The van der Waals surface area contributed by atoms with Crippen molar-refractivity contribution in [1.82, 2.24) is 4.98 Å². The van der Waals surface area contributed by atoms with E-state index in [4.69, 9.17) is 30.8 Å². The van der Waals surface area contributed by atoms with Gasteiger partial charge in [0, 0.05) is 31.0 Å². The fourth-order valence-electron chi connectivity index (χ4n) is 4.27. The summed E-state index contributed by atoms with van der Waals surface area (Å²) in [6.07, 6.45) is 1.84. The molecule has 1 spiro atoms. The Morgan fingerprint density at radius 2 is 1.97 bits per heavy atom. The number of ketones is 1. The van der Waals surface area contributed by atoms with E-state index in [1.54, 1.807) is 37.7 Å². The molecule has 156 valence electrons. The van der Waals surface area contributed by atoms with Gasteiger partial charge in [0.2, 0.25) is 5.75 Å². The van der Waals surface area contributed by atoms with E-state index in [0.29, 0.717) is 34.3 Å². The fraction of sp³-hybridized carbons (Fsp3) is 0.364. The van der Waals surface area contributed by atoms with Gasteiger partial charge < -0.3 is 19.1 Å². The zero-order valence-electron chi connectivity index (χ0n) is 16.7. The Balaban J connectivity index is 1.40. The van der Waals surface area contributed by atoms with E-state index in [9.17, 15) is 4.79 Å². The SMILES string of the molecule is COc1ccc2c(c1OC)OC1(CCN(c3nc4ccc(Cl)cc4s3)CC1)CC2=O. The summed E-state index contributed by atoms with van der Waals surface area (Å²) in [6.45, 7) is 1.53. The number of carbonyl (C=O) groups excluding carboxylic acids is 1. The normalized spacial score (nSPS) is 17.7. The standard InChI is InChI=1S/C22H21ClN2O4S/c1-27-17-6-4-14-16(26)12-22(29-19(14)20(17)28-2)7-9-25(10-8-22)21-24-15-5-3-13(23)11-18(15)30-21/h3-6,11H,7-10,12H2,1-2H3. The lowest BCUT2D eigenvalue weighted by Crippen LogP contribution is -2.51. The second-order valence-electron chi connectivity index (χ2n) is 7.66. The second-order valence-corrected chi connectivity index (χ2v) is 9.10. The third-order valence-corrected chi connectivity index (χ3v) is 7.20. The molecule has 1 fully saturated rings. The van der Waals surface area contributed by atoms with Gasteiger partial charge in [-0.1, -0.05) is 22.9 Å². The molecule has 1 saturated heterocycles. The summed E-state index contributed by atoms with van der Waals surface area (Å²) in [5.74, 6) is 1.62. The van der Waals surface area contributed by atoms with Crippen LogP contribution in [0.2, 0.25) is 5.02 Å². The number of hydrogen-bond donors (Lipinski definition) is 0. The van der Waals surface area contributed by atoms with Gasteiger partial charge in [-0.2, -0.15) is 0 Å². The summed E-state index contributed by atoms with van der Waals surface area (Å²) >= 11 is 7.75. The molecule has 0 bridgehead atoms. The average molecular weight is 445 g/mol. The molecule has 0 radical (unpaired) electrons. The van der Waals surface area contributed by atoms with E-state index >= 15 is 0 Å². The predicted octanol–water partition coefficient (Wildman–Crippen LogP) is 4.97. The number of carbonyl (C=O) groups is 1. The van der Waals surface area contributed by atoms with Crippen molar-refractivity contribution >= 4 is 44.1 Å². The van der Waals surface area contributed by atoms with Crippen LogP contribution in [0.5, 0.6) is 17.2 Å². The molecule has 2 aliphatic heterocycles. The molecule has 2 aliphatic rings. The van der Waals surface area contributed by atoms with Crippen LogP contribution < -0.4 is 19.1 Å². The highest BCUT2D eigenvalue weighted by molar-refractivity contribution is 7.22. The lowest BCUT2D eigenvalue weighted by atomic mass is 9.82. The smallest absolute Gasteiger partial charge is 0.204 e. The summed E-state index contributed by atoms with van der Waals surface area (Å²) in [4.78, 5) is 19.9. The number of halogens is 1. The number of rotatable bonds is 3. The average Bonchev–Trinajstić information content (AvgIpc) is 3.16. The summed E-state index contributed by atoms with van der Waals surface area (Å²) in [5, 5.41) is 1.69. The van der Waals surface area contributed by atoms with Crippen molar-refractivity contribution in [1.29, 1.82) is 0 Å². The number of aromatic nitrogens is 1. The zero-order valence-corrected chi connectivity index (χ0v) is 18.3. The van der Waals surface area contributed by atoms with Crippen molar-refractivity contribution in [3.63, 3.8) is 0 Å². The third kappa shape index (κ3) is 3.17. The van der Waals surface area contributed by atoms with Crippen LogP contribution in [0, 0.1) is 0 Å². The number of ether oxygens (including phenoxy) is 3. The van der Waals surface area contributed by atoms with Crippen LogP contribution in [0.25, 0.3) is 10.2 Å². The van der Waals surface area contributed by atoms with Crippen LogP contribution in [0.1, 0.15) is 29.6 Å². The molecular weight excluding hydrogens is 424 g/mol. The summed E-state index contributed by atoms with van der Waals surface area (Å²) in [6, 6.07) is 9.26. The van der Waals surface area contributed by atoms with Gasteiger partial charge in [-0.05, 0) is 30.3 Å². The number of thiazole rings is 1. The highest BCUT2D eigenvalue weighted by atomic mass is 35.5. The maximum atomic E-state index is 12.9. The molecule has 6 nitrogen and oxygen atoms in total.